The molecule has 146 valence electrons. The van der Waals surface area contributed by atoms with Crippen LogP contribution in [0.2, 0.25) is 0 Å². The number of thiazole rings is 1. The molecule has 0 fully saturated rings. The van der Waals surface area contributed by atoms with Crippen LogP contribution >= 0.6 is 11.3 Å². The van der Waals surface area contributed by atoms with E-state index in [9.17, 15) is 4.79 Å². The van der Waals surface area contributed by atoms with Crippen molar-refractivity contribution in [3.63, 3.8) is 0 Å². The highest BCUT2D eigenvalue weighted by atomic mass is 32.1. The normalized spacial score (nSPS) is 12.0. The molecule has 0 aliphatic heterocycles. The van der Waals surface area contributed by atoms with Gasteiger partial charge in [0.1, 0.15) is 0 Å². The Balaban J connectivity index is 1.84. The Labute approximate surface area is 172 Å². The number of aromatic amines is 1. The Bertz CT molecular complexity index is 1200. The van der Waals surface area contributed by atoms with Crippen molar-refractivity contribution in [2.24, 2.45) is 10.2 Å². The van der Waals surface area contributed by atoms with E-state index in [-0.39, 0.29) is 16.7 Å². The number of hydrogen-bond donors (Lipinski definition) is 1. The zero-order chi connectivity index (χ0) is 20.4. The standard InChI is InChI=1S/C22H21N5OS/c1-22(2,3)17-14-29-21(23-17)27-20(28)19(25-24-16-12-8-5-9-13-16)18(26-27)15-10-6-4-7-11-15/h4-14,26H,1-3H3. The molecule has 4 rings (SSSR count). The van der Waals surface area contributed by atoms with Crippen LogP contribution in [-0.2, 0) is 5.41 Å². The summed E-state index contributed by atoms with van der Waals surface area (Å²) in [6.45, 7) is 6.29. The summed E-state index contributed by atoms with van der Waals surface area (Å²) in [5.41, 5.74) is 2.98. The van der Waals surface area contributed by atoms with Gasteiger partial charge in [-0.1, -0.05) is 69.3 Å². The van der Waals surface area contributed by atoms with Crippen LogP contribution in [0.15, 0.2) is 81.1 Å². The Morgan fingerprint density at radius 3 is 2.24 bits per heavy atom. The van der Waals surface area contributed by atoms with E-state index in [0.29, 0.717) is 16.5 Å². The third kappa shape index (κ3) is 3.95. The number of H-pyrrole nitrogens is 1. The van der Waals surface area contributed by atoms with Gasteiger partial charge in [-0.2, -0.15) is 9.80 Å². The third-order valence-electron chi connectivity index (χ3n) is 4.40. The lowest BCUT2D eigenvalue weighted by Crippen LogP contribution is -2.16. The van der Waals surface area contributed by atoms with Gasteiger partial charge in [0.15, 0.2) is 5.69 Å². The molecule has 0 radical (unpaired) electrons. The molecule has 0 aliphatic rings. The van der Waals surface area contributed by atoms with Crippen molar-refractivity contribution in [2.75, 3.05) is 0 Å². The summed E-state index contributed by atoms with van der Waals surface area (Å²) in [5.74, 6) is 0. The Morgan fingerprint density at radius 2 is 1.62 bits per heavy atom. The summed E-state index contributed by atoms with van der Waals surface area (Å²) in [6, 6.07) is 19.0. The average molecular weight is 404 g/mol. The second-order valence-corrected chi connectivity index (χ2v) is 8.48. The van der Waals surface area contributed by atoms with Gasteiger partial charge < -0.3 is 0 Å². The van der Waals surface area contributed by atoms with Crippen molar-refractivity contribution < 1.29 is 0 Å². The van der Waals surface area contributed by atoms with Gasteiger partial charge in [0.05, 0.1) is 17.1 Å². The van der Waals surface area contributed by atoms with Gasteiger partial charge in [-0.25, -0.2) is 4.98 Å². The van der Waals surface area contributed by atoms with Crippen molar-refractivity contribution in [2.45, 2.75) is 26.2 Å². The average Bonchev–Trinajstić information content (AvgIpc) is 3.33. The summed E-state index contributed by atoms with van der Waals surface area (Å²) < 4.78 is 1.45. The molecule has 0 amide bonds. The highest BCUT2D eigenvalue weighted by molar-refractivity contribution is 7.12. The molecule has 0 spiro atoms. The molecule has 2 heterocycles. The maximum atomic E-state index is 13.2. The van der Waals surface area contributed by atoms with Crippen LogP contribution in [0.5, 0.6) is 0 Å². The minimum atomic E-state index is -0.279. The summed E-state index contributed by atoms with van der Waals surface area (Å²) in [6.07, 6.45) is 0. The monoisotopic (exact) mass is 403 g/mol. The van der Waals surface area contributed by atoms with E-state index in [1.807, 2.05) is 66.0 Å². The summed E-state index contributed by atoms with van der Waals surface area (Å²) in [7, 11) is 0. The van der Waals surface area contributed by atoms with Gasteiger partial charge in [0.2, 0.25) is 5.13 Å². The molecule has 0 bridgehead atoms. The molecule has 0 aliphatic carbocycles. The van der Waals surface area contributed by atoms with E-state index in [0.717, 1.165) is 11.3 Å². The lowest BCUT2D eigenvalue weighted by molar-refractivity contribution is 0.571. The van der Waals surface area contributed by atoms with E-state index in [1.54, 1.807) is 0 Å². The predicted molar refractivity (Wildman–Crippen MR) is 117 cm³/mol. The highest BCUT2D eigenvalue weighted by Gasteiger charge is 2.22. The molecule has 6 nitrogen and oxygen atoms in total. The van der Waals surface area contributed by atoms with Crippen molar-refractivity contribution in [1.29, 1.82) is 0 Å². The van der Waals surface area contributed by atoms with Gasteiger partial charge in [-0.3, -0.25) is 9.89 Å². The number of rotatable bonds is 4. The van der Waals surface area contributed by atoms with Gasteiger partial charge >= 0.3 is 5.56 Å². The smallest absolute Gasteiger partial charge is 0.286 e. The highest BCUT2D eigenvalue weighted by Crippen LogP contribution is 2.30. The fourth-order valence-electron chi connectivity index (χ4n) is 2.78. The first kappa shape index (κ1) is 19.0. The van der Waals surface area contributed by atoms with Crippen molar-refractivity contribution in [1.82, 2.24) is 14.8 Å². The van der Waals surface area contributed by atoms with E-state index in [1.165, 1.54) is 16.0 Å². The van der Waals surface area contributed by atoms with E-state index >= 15 is 0 Å². The van der Waals surface area contributed by atoms with Crippen LogP contribution in [0.1, 0.15) is 26.5 Å². The van der Waals surface area contributed by atoms with Crippen LogP contribution in [0.25, 0.3) is 16.4 Å². The van der Waals surface area contributed by atoms with E-state index in [4.69, 9.17) is 0 Å². The van der Waals surface area contributed by atoms with Gasteiger partial charge in [-0.15, -0.1) is 16.5 Å². The topological polar surface area (TPSA) is 75.4 Å². The quantitative estimate of drug-likeness (QED) is 0.424. The lowest BCUT2D eigenvalue weighted by Gasteiger charge is -2.14. The van der Waals surface area contributed by atoms with Crippen LogP contribution in [0, 0.1) is 0 Å². The molecule has 0 saturated heterocycles. The number of nitrogens with one attached hydrogen (secondary N) is 1. The van der Waals surface area contributed by atoms with Crippen LogP contribution in [0.4, 0.5) is 11.4 Å². The molecule has 4 aromatic rings. The first-order valence-corrected chi connectivity index (χ1v) is 10.1. The fraction of sp³-hybridized carbons (Fsp3) is 0.182. The number of azo groups is 1. The molecule has 0 atom stereocenters. The number of hydrogen-bond acceptors (Lipinski definition) is 5. The minimum Gasteiger partial charge on any atom is -0.286 e. The minimum absolute atomic E-state index is 0.0942. The number of benzene rings is 2. The molecular weight excluding hydrogens is 382 g/mol. The molecule has 2 aromatic heterocycles. The molecule has 2 aromatic carbocycles. The zero-order valence-corrected chi connectivity index (χ0v) is 17.3. The van der Waals surface area contributed by atoms with Crippen LogP contribution in [-0.4, -0.2) is 14.8 Å². The molecule has 0 unspecified atom stereocenters. The molecule has 1 N–H and O–H groups in total. The van der Waals surface area contributed by atoms with E-state index < -0.39 is 0 Å². The van der Waals surface area contributed by atoms with E-state index in [2.05, 4.69) is 41.1 Å². The Morgan fingerprint density at radius 1 is 0.966 bits per heavy atom. The maximum Gasteiger partial charge on any atom is 0.301 e. The summed E-state index contributed by atoms with van der Waals surface area (Å²) in [5, 5.41) is 14.3. The second kappa shape index (κ2) is 7.60. The van der Waals surface area contributed by atoms with Crippen molar-refractivity contribution in [3.05, 3.63) is 82.1 Å². The molecule has 7 heteroatoms. The van der Waals surface area contributed by atoms with Gasteiger partial charge in [0, 0.05) is 16.4 Å². The third-order valence-corrected chi connectivity index (χ3v) is 5.23. The van der Waals surface area contributed by atoms with Crippen LogP contribution < -0.4 is 5.56 Å². The van der Waals surface area contributed by atoms with Crippen LogP contribution in [0.3, 0.4) is 0 Å². The van der Waals surface area contributed by atoms with Crippen molar-refractivity contribution in [3.8, 4) is 16.4 Å². The Kier molecular flexibility index (Phi) is 4.98. The largest absolute Gasteiger partial charge is 0.301 e. The van der Waals surface area contributed by atoms with Gasteiger partial charge in [0.25, 0.3) is 0 Å². The predicted octanol–water partition coefficient (Wildman–Crippen LogP) is 6.00. The molecule has 29 heavy (non-hydrogen) atoms. The first-order chi connectivity index (χ1) is 13.9. The Hall–Kier alpha value is -3.32. The zero-order valence-electron chi connectivity index (χ0n) is 16.5. The summed E-state index contributed by atoms with van der Waals surface area (Å²) >= 11 is 1.42. The first-order valence-electron chi connectivity index (χ1n) is 9.27. The molecular formula is C22H21N5OS. The summed E-state index contributed by atoms with van der Waals surface area (Å²) in [4.78, 5) is 17.8. The fourth-order valence-corrected chi connectivity index (χ4v) is 3.78. The SMILES string of the molecule is CC(C)(C)c1csc(-n2[nH]c(-c3ccccc3)c(N=Nc3ccccc3)c2=O)n1. The number of nitrogens with zero attached hydrogens (tertiary/aromatic N) is 4. The second-order valence-electron chi connectivity index (χ2n) is 7.64. The lowest BCUT2D eigenvalue weighted by atomic mass is 9.93. The molecule has 0 saturated carbocycles. The van der Waals surface area contributed by atoms with Crippen molar-refractivity contribution >= 4 is 22.7 Å². The van der Waals surface area contributed by atoms with Gasteiger partial charge in [-0.05, 0) is 12.1 Å². The maximum absolute atomic E-state index is 13.2. The number of aromatic nitrogens is 3.